The van der Waals surface area contributed by atoms with Gasteiger partial charge in [0.2, 0.25) is 0 Å². The molecule has 0 radical (unpaired) electrons. The summed E-state index contributed by atoms with van der Waals surface area (Å²) in [5.41, 5.74) is 0.134. The van der Waals surface area contributed by atoms with E-state index >= 15 is 0 Å². The minimum atomic E-state index is -0.606. The summed E-state index contributed by atoms with van der Waals surface area (Å²) >= 11 is 5.64. The molecular weight excluding hydrogens is 220 g/mol. The highest BCUT2D eigenvalue weighted by molar-refractivity contribution is 6.30. The number of piperidine rings is 1. The Hall–Kier alpha value is -0.670. The highest BCUT2D eigenvalue weighted by Gasteiger charge is 2.23. The molecule has 1 N–H and O–H groups in total. The van der Waals surface area contributed by atoms with Gasteiger partial charge in [0, 0.05) is 18.0 Å². The van der Waals surface area contributed by atoms with Crippen LogP contribution in [0.25, 0.3) is 0 Å². The number of hydrogen-bond donors (Lipinski definition) is 1. The van der Waals surface area contributed by atoms with Crippen molar-refractivity contribution in [3.8, 4) is 0 Å². The Morgan fingerprint density at radius 2 is 2.13 bits per heavy atom. The van der Waals surface area contributed by atoms with Crippen LogP contribution in [0, 0.1) is 11.6 Å². The first-order valence-corrected chi connectivity index (χ1v) is 5.42. The zero-order valence-corrected chi connectivity index (χ0v) is 8.95. The second-order valence-electron chi connectivity index (χ2n) is 3.80. The lowest BCUT2D eigenvalue weighted by atomic mass is 9.91. The molecule has 1 fully saturated rings. The fourth-order valence-corrected chi connectivity index (χ4v) is 2.18. The first kappa shape index (κ1) is 10.8. The summed E-state index contributed by atoms with van der Waals surface area (Å²) in [5, 5.41) is 3.13. The van der Waals surface area contributed by atoms with Gasteiger partial charge in [0.05, 0.1) is 5.02 Å². The van der Waals surface area contributed by atoms with E-state index in [1.807, 2.05) is 0 Å². The van der Waals surface area contributed by atoms with Crippen LogP contribution in [-0.2, 0) is 0 Å². The fraction of sp³-hybridized carbons (Fsp3) is 0.455. The number of halogens is 3. The second kappa shape index (κ2) is 4.45. The smallest absolute Gasteiger partial charge is 0.148 e. The summed E-state index contributed by atoms with van der Waals surface area (Å²) in [6, 6.07) is 2.49. The van der Waals surface area contributed by atoms with E-state index in [1.54, 1.807) is 0 Å². The van der Waals surface area contributed by atoms with Gasteiger partial charge in [-0.1, -0.05) is 11.6 Å². The lowest BCUT2D eigenvalue weighted by Gasteiger charge is -2.24. The number of hydrogen-bond acceptors (Lipinski definition) is 1. The molecular formula is C11H12ClF2N. The van der Waals surface area contributed by atoms with Crippen molar-refractivity contribution in [2.75, 3.05) is 13.1 Å². The molecule has 1 aromatic rings. The zero-order valence-electron chi connectivity index (χ0n) is 8.19. The van der Waals surface area contributed by atoms with Crippen LogP contribution in [0.15, 0.2) is 12.1 Å². The standard InChI is InChI=1S/C11H12ClF2N/c12-8-3-4-9(13)10(11(8)14)7-2-1-5-15-6-7/h3-4,7,15H,1-2,5-6H2/t7-/m0/s1. The number of benzene rings is 1. The molecule has 0 aliphatic carbocycles. The largest absolute Gasteiger partial charge is 0.316 e. The summed E-state index contributed by atoms with van der Waals surface area (Å²) in [6.07, 6.45) is 1.75. The van der Waals surface area contributed by atoms with Crippen molar-refractivity contribution in [2.45, 2.75) is 18.8 Å². The van der Waals surface area contributed by atoms with Crippen molar-refractivity contribution in [3.63, 3.8) is 0 Å². The van der Waals surface area contributed by atoms with Gasteiger partial charge in [0.15, 0.2) is 0 Å². The van der Waals surface area contributed by atoms with Gasteiger partial charge < -0.3 is 5.32 Å². The minimum absolute atomic E-state index is 0.00280. The van der Waals surface area contributed by atoms with Gasteiger partial charge in [-0.2, -0.15) is 0 Å². The highest BCUT2D eigenvalue weighted by Crippen LogP contribution is 2.31. The monoisotopic (exact) mass is 231 g/mol. The van der Waals surface area contributed by atoms with Crippen LogP contribution in [0.2, 0.25) is 5.02 Å². The predicted octanol–water partition coefficient (Wildman–Crippen LogP) is 3.09. The molecule has 0 saturated carbocycles. The van der Waals surface area contributed by atoms with Crippen molar-refractivity contribution < 1.29 is 8.78 Å². The van der Waals surface area contributed by atoms with Crippen LogP contribution in [0.3, 0.4) is 0 Å². The molecule has 0 spiro atoms. The maximum absolute atomic E-state index is 13.6. The molecule has 0 aromatic heterocycles. The van der Waals surface area contributed by atoms with Gasteiger partial charge in [-0.3, -0.25) is 0 Å². The third kappa shape index (κ3) is 2.13. The maximum Gasteiger partial charge on any atom is 0.148 e. The van der Waals surface area contributed by atoms with Crippen LogP contribution < -0.4 is 5.32 Å². The predicted molar refractivity (Wildman–Crippen MR) is 56.2 cm³/mol. The average Bonchev–Trinajstić information content (AvgIpc) is 2.26. The molecule has 82 valence electrons. The van der Waals surface area contributed by atoms with Crippen LogP contribution in [-0.4, -0.2) is 13.1 Å². The molecule has 1 nitrogen and oxygen atoms in total. The Morgan fingerprint density at radius 3 is 2.80 bits per heavy atom. The Kier molecular flexibility index (Phi) is 3.22. The SMILES string of the molecule is Fc1ccc(Cl)c(F)c1[C@H]1CCCNC1. The molecule has 0 bridgehead atoms. The van der Waals surface area contributed by atoms with E-state index < -0.39 is 11.6 Å². The quantitative estimate of drug-likeness (QED) is 0.733. The first-order valence-electron chi connectivity index (χ1n) is 5.04. The number of rotatable bonds is 1. The van der Waals surface area contributed by atoms with Gasteiger partial charge in [-0.05, 0) is 31.5 Å². The molecule has 0 amide bonds. The van der Waals surface area contributed by atoms with Gasteiger partial charge in [0.25, 0.3) is 0 Å². The summed E-state index contributed by atoms with van der Waals surface area (Å²) in [6.45, 7) is 1.54. The Bertz CT molecular complexity index is 362. The normalized spacial score (nSPS) is 21.7. The molecule has 1 aliphatic heterocycles. The molecule has 1 heterocycles. The van der Waals surface area contributed by atoms with Crippen molar-refractivity contribution in [2.24, 2.45) is 0 Å². The number of nitrogens with one attached hydrogen (secondary N) is 1. The topological polar surface area (TPSA) is 12.0 Å². The van der Waals surface area contributed by atoms with E-state index in [-0.39, 0.29) is 16.5 Å². The van der Waals surface area contributed by atoms with E-state index in [0.717, 1.165) is 19.4 Å². The van der Waals surface area contributed by atoms with Gasteiger partial charge in [-0.25, -0.2) is 8.78 Å². The van der Waals surface area contributed by atoms with Gasteiger partial charge in [0.1, 0.15) is 11.6 Å². The van der Waals surface area contributed by atoms with Crippen molar-refractivity contribution >= 4 is 11.6 Å². The summed E-state index contributed by atoms with van der Waals surface area (Å²) in [4.78, 5) is 0. The van der Waals surface area contributed by atoms with E-state index in [0.29, 0.717) is 6.54 Å². The molecule has 4 heteroatoms. The van der Waals surface area contributed by atoms with E-state index in [2.05, 4.69) is 5.32 Å². The Morgan fingerprint density at radius 1 is 1.33 bits per heavy atom. The van der Waals surface area contributed by atoms with Crippen molar-refractivity contribution in [3.05, 3.63) is 34.4 Å². The van der Waals surface area contributed by atoms with Gasteiger partial charge in [-0.15, -0.1) is 0 Å². The molecule has 1 aliphatic rings. The van der Waals surface area contributed by atoms with Crippen LogP contribution in [0.1, 0.15) is 24.3 Å². The third-order valence-corrected chi connectivity index (χ3v) is 3.08. The molecule has 2 rings (SSSR count). The lowest BCUT2D eigenvalue weighted by Crippen LogP contribution is -2.29. The zero-order chi connectivity index (χ0) is 10.8. The van der Waals surface area contributed by atoms with Crippen molar-refractivity contribution in [1.82, 2.24) is 5.32 Å². The van der Waals surface area contributed by atoms with E-state index in [4.69, 9.17) is 11.6 Å². The average molecular weight is 232 g/mol. The maximum atomic E-state index is 13.6. The highest BCUT2D eigenvalue weighted by atomic mass is 35.5. The molecule has 15 heavy (non-hydrogen) atoms. The van der Waals surface area contributed by atoms with Crippen molar-refractivity contribution in [1.29, 1.82) is 0 Å². The molecule has 0 unspecified atom stereocenters. The lowest BCUT2D eigenvalue weighted by molar-refractivity contribution is 0.428. The first-order chi connectivity index (χ1) is 7.20. The Balaban J connectivity index is 2.36. The molecule has 1 atom stereocenters. The van der Waals surface area contributed by atoms with E-state index in [9.17, 15) is 8.78 Å². The fourth-order valence-electron chi connectivity index (χ4n) is 2.02. The third-order valence-electron chi connectivity index (χ3n) is 2.78. The van der Waals surface area contributed by atoms with E-state index in [1.165, 1.54) is 12.1 Å². The van der Waals surface area contributed by atoms with Crippen LogP contribution >= 0.6 is 11.6 Å². The summed E-state index contributed by atoms with van der Waals surface area (Å²) in [5.74, 6) is -1.20. The van der Waals surface area contributed by atoms with Crippen LogP contribution in [0.4, 0.5) is 8.78 Å². The second-order valence-corrected chi connectivity index (χ2v) is 4.21. The molecule has 1 saturated heterocycles. The Labute approximate surface area is 92.4 Å². The minimum Gasteiger partial charge on any atom is -0.316 e. The summed E-state index contributed by atoms with van der Waals surface area (Å²) in [7, 11) is 0. The van der Waals surface area contributed by atoms with Gasteiger partial charge >= 0.3 is 0 Å². The summed E-state index contributed by atoms with van der Waals surface area (Å²) < 4.78 is 27.1. The van der Waals surface area contributed by atoms with Crippen LogP contribution in [0.5, 0.6) is 0 Å². The molecule has 1 aromatic carbocycles.